The van der Waals surface area contributed by atoms with E-state index in [2.05, 4.69) is 228 Å². The highest BCUT2D eigenvalue weighted by Crippen LogP contribution is 2.45. The van der Waals surface area contributed by atoms with E-state index in [-0.39, 0.29) is 0 Å². The first kappa shape index (κ1) is 32.8. The Balaban J connectivity index is 1.03. The minimum Gasteiger partial charge on any atom is -0.455 e. The van der Waals surface area contributed by atoms with E-state index >= 15 is 0 Å². The molecule has 0 N–H and O–H groups in total. The summed E-state index contributed by atoms with van der Waals surface area (Å²) in [5.41, 5.74) is 10.7. The van der Waals surface area contributed by atoms with Crippen LogP contribution >= 0.6 is 0 Å². The van der Waals surface area contributed by atoms with Gasteiger partial charge < -0.3 is 14.2 Å². The van der Waals surface area contributed by atoms with Crippen molar-refractivity contribution >= 4 is 88.4 Å². The highest BCUT2D eigenvalue weighted by Gasteiger charge is 2.20. The molecule has 0 unspecified atom stereocenters. The highest BCUT2D eigenvalue weighted by atomic mass is 16.3. The Hall–Kier alpha value is -7.62. The van der Waals surface area contributed by atoms with Crippen LogP contribution in [0.15, 0.2) is 223 Å². The van der Waals surface area contributed by atoms with E-state index in [1.807, 2.05) is 0 Å². The number of hydrogen-bond donors (Lipinski definition) is 0. The fourth-order valence-corrected chi connectivity index (χ4v) is 8.57. The van der Waals surface area contributed by atoms with Crippen LogP contribution in [-0.4, -0.2) is 0 Å². The van der Waals surface area contributed by atoms with Crippen molar-refractivity contribution in [2.45, 2.75) is 0 Å². The Morgan fingerprint density at radius 1 is 0.298 bits per heavy atom. The van der Waals surface area contributed by atoms with Gasteiger partial charge in [-0.3, -0.25) is 0 Å². The van der Waals surface area contributed by atoms with Crippen LogP contribution in [0.25, 0.3) is 65.4 Å². The molecule has 1 aromatic heterocycles. The maximum Gasteiger partial charge on any atom is 0.143 e. The summed E-state index contributed by atoms with van der Waals surface area (Å²) in [7, 11) is 0. The molecule has 268 valence electrons. The minimum absolute atomic E-state index is 0.867. The van der Waals surface area contributed by atoms with Crippen LogP contribution in [0.1, 0.15) is 0 Å². The van der Waals surface area contributed by atoms with Gasteiger partial charge in [0.05, 0.1) is 5.69 Å². The normalized spacial score (nSPS) is 11.5. The fourth-order valence-electron chi connectivity index (χ4n) is 8.57. The van der Waals surface area contributed by atoms with Gasteiger partial charge in [-0.1, -0.05) is 133 Å². The van der Waals surface area contributed by atoms with Crippen LogP contribution in [0.3, 0.4) is 0 Å². The van der Waals surface area contributed by atoms with Gasteiger partial charge in [-0.15, -0.1) is 0 Å². The van der Waals surface area contributed by atoms with E-state index in [4.69, 9.17) is 4.42 Å². The quantitative estimate of drug-likeness (QED) is 0.152. The van der Waals surface area contributed by atoms with Crippen molar-refractivity contribution < 1.29 is 4.42 Å². The highest BCUT2D eigenvalue weighted by molar-refractivity contribution is 6.30. The zero-order chi connectivity index (χ0) is 37.7. The second-order valence-electron chi connectivity index (χ2n) is 14.5. The predicted molar refractivity (Wildman–Crippen MR) is 241 cm³/mol. The van der Waals surface area contributed by atoms with Crippen LogP contribution in [0, 0.1) is 0 Å². The van der Waals surface area contributed by atoms with E-state index in [0.29, 0.717) is 0 Å². The number of rotatable bonds is 7. The smallest absolute Gasteiger partial charge is 0.143 e. The lowest BCUT2D eigenvalue weighted by atomic mass is 9.94. The average Bonchev–Trinajstić information content (AvgIpc) is 3.67. The molecule has 0 saturated heterocycles. The first-order chi connectivity index (χ1) is 28.3. The Morgan fingerprint density at radius 3 is 1.53 bits per heavy atom. The second kappa shape index (κ2) is 13.6. The zero-order valence-electron chi connectivity index (χ0n) is 31.1. The Kier molecular flexibility index (Phi) is 7.82. The van der Waals surface area contributed by atoms with Crippen LogP contribution in [0.2, 0.25) is 0 Å². The third-order valence-electron chi connectivity index (χ3n) is 11.2. The molecule has 0 atom stereocenters. The van der Waals surface area contributed by atoms with Crippen molar-refractivity contribution in [2.24, 2.45) is 0 Å². The molecule has 0 aliphatic rings. The summed E-state index contributed by atoms with van der Waals surface area (Å²) in [5, 5.41) is 9.39. The molecule has 0 bridgehead atoms. The van der Waals surface area contributed by atoms with Crippen LogP contribution in [-0.2, 0) is 0 Å². The molecule has 10 aromatic carbocycles. The van der Waals surface area contributed by atoms with Gasteiger partial charge in [0.15, 0.2) is 0 Å². The molecular formula is C54H36N2O. The third kappa shape index (κ3) is 5.60. The molecule has 0 saturated carbocycles. The molecule has 57 heavy (non-hydrogen) atoms. The van der Waals surface area contributed by atoms with Crippen molar-refractivity contribution in [1.82, 2.24) is 0 Å². The number of para-hydroxylation sites is 3. The van der Waals surface area contributed by atoms with Crippen molar-refractivity contribution in [3.8, 4) is 11.1 Å². The summed E-state index contributed by atoms with van der Waals surface area (Å²) in [5.74, 6) is 0. The SMILES string of the molecule is c1ccc(N(c2ccccc2)c2ccc3c(c2)oc2c4ccc(-c5ccc(N(c6ccccc6)c6cccc7ccccc67)cc5)cc4c4ccccc4c32)cc1. The van der Waals surface area contributed by atoms with E-state index in [1.54, 1.807) is 0 Å². The molecule has 11 rings (SSSR count). The Morgan fingerprint density at radius 2 is 0.825 bits per heavy atom. The van der Waals surface area contributed by atoms with Crippen LogP contribution in [0.4, 0.5) is 34.1 Å². The minimum atomic E-state index is 0.867. The molecule has 0 radical (unpaired) electrons. The lowest BCUT2D eigenvalue weighted by molar-refractivity contribution is 0.673. The molecule has 0 aliphatic heterocycles. The van der Waals surface area contributed by atoms with Crippen molar-refractivity contribution in [3.63, 3.8) is 0 Å². The predicted octanol–water partition coefficient (Wildman–Crippen LogP) is 15.7. The summed E-state index contributed by atoms with van der Waals surface area (Å²) >= 11 is 0. The number of furan rings is 1. The maximum absolute atomic E-state index is 6.91. The van der Waals surface area contributed by atoms with Gasteiger partial charge in [0.1, 0.15) is 11.2 Å². The number of nitrogens with zero attached hydrogens (tertiary/aromatic N) is 2. The first-order valence-corrected chi connectivity index (χ1v) is 19.4. The first-order valence-electron chi connectivity index (χ1n) is 19.4. The summed E-state index contributed by atoms with van der Waals surface area (Å²) in [6.45, 7) is 0. The van der Waals surface area contributed by atoms with Gasteiger partial charge in [0.2, 0.25) is 0 Å². The Bertz CT molecular complexity index is 3180. The standard InChI is InChI=1S/C54H36N2O/c1-4-17-40(18-5-1)55(41-19-6-2-7-20-41)44-32-34-49-52(36-44)57-54-48-33-29-39(35-50(48)46-24-12-13-25-47(46)53(49)54)37-27-30-43(31-28-37)56(42-21-8-3-9-22-42)51-26-14-16-38-15-10-11-23-45(38)51/h1-36H. The van der Waals surface area contributed by atoms with E-state index in [0.717, 1.165) is 72.6 Å². The van der Waals surface area contributed by atoms with Gasteiger partial charge in [-0.05, 0) is 112 Å². The van der Waals surface area contributed by atoms with Crippen LogP contribution < -0.4 is 9.80 Å². The van der Waals surface area contributed by atoms with E-state index < -0.39 is 0 Å². The lowest BCUT2D eigenvalue weighted by Gasteiger charge is -2.27. The maximum atomic E-state index is 6.91. The van der Waals surface area contributed by atoms with Crippen molar-refractivity contribution in [2.75, 3.05) is 9.80 Å². The number of benzene rings is 10. The second-order valence-corrected chi connectivity index (χ2v) is 14.5. The molecule has 0 fully saturated rings. The summed E-state index contributed by atoms with van der Waals surface area (Å²) < 4.78 is 6.91. The Labute approximate surface area is 330 Å². The zero-order valence-corrected chi connectivity index (χ0v) is 31.1. The average molecular weight is 729 g/mol. The fraction of sp³-hybridized carbons (Fsp3) is 0. The molecule has 0 amide bonds. The van der Waals surface area contributed by atoms with Gasteiger partial charge in [-0.25, -0.2) is 0 Å². The summed E-state index contributed by atoms with van der Waals surface area (Å²) in [4.78, 5) is 4.63. The van der Waals surface area contributed by atoms with Crippen molar-refractivity contribution in [3.05, 3.63) is 218 Å². The van der Waals surface area contributed by atoms with Gasteiger partial charge in [-0.2, -0.15) is 0 Å². The molecule has 0 spiro atoms. The monoisotopic (exact) mass is 728 g/mol. The topological polar surface area (TPSA) is 19.6 Å². The molecule has 0 aliphatic carbocycles. The summed E-state index contributed by atoms with van der Waals surface area (Å²) in [6.07, 6.45) is 0. The lowest BCUT2D eigenvalue weighted by Crippen LogP contribution is -2.10. The van der Waals surface area contributed by atoms with Crippen LogP contribution in [0.5, 0.6) is 0 Å². The van der Waals surface area contributed by atoms with Gasteiger partial charge in [0, 0.05) is 56.0 Å². The summed E-state index contributed by atoms with van der Waals surface area (Å²) in [6, 6.07) is 77.9. The molecular weight excluding hydrogens is 693 g/mol. The number of hydrogen-bond acceptors (Lipinski definition) is 3. The van der Waals surface area contributed by atoms with E-state index in [9.17, 15) is 0 Å². The van der Waals surface area contributed by atoms with Gasteiger partial charge in [0.25, 0.3) is 0 Å². The number of anilines is 6. The molecule has 1 heterocycles. The molecule has 3 nitrogen and oxygen atoms in total. The molecule has 11 aromatic rings. The van der Waals surface area contributed by atoms with E-state index in [1.165, 1.54) is 26.9 Å². The molecule has 3 heteroatoms. The van der Waals surface area contributed by atoms with Gasteiger partial charge >= 0.3 is 0 Å². The third-order valence-corrected chi connectivity index (χ3v) is 11.2. The number of fused-ring (bicyclic) bond motifs is 9. The largest absolute Gasteiger partial charge is 0.455 e. The van der Waals surface area contributed by atoms with Crippen molar-refractivity contribution in [1.29, 1.82) is 0 Å².